The molecule has 1 rings (SSSR count). The van der Waals surface area contributed by atoms with Crippen LogP contribution in [0, 0.1) is 11.3 Å². The second kappa shape index (κ2) is 12.5. The molecule has 1 amide bonds. The highest BCUT2D eigenvalue weighted by Gasteiger charge is 2.07. The minimum atomic E-state index is -0.375. The van der Waals surface area contributed by atoms with Crippen LogP contribution < -0.4 is 10.6 Å². The van der Waals surface area contributed by atoms with E-state index in [4.69, 9.17) is 10.00 Å². The predicted octanol–water partition coefficient (Wildman–Crippen LogP) is 3.55. The van der Waals surface area contributed by atoms with Crippen molar-refractivity contribution in [2.24, 2.45) is 0 Å². The average Bonchev–Trinajstić information content (AvgIpc) is 2.61. The molecule has 0 saturated heterocycles. The van der Waals surface area contributed by atoms with Crippen LogP contribution in [-0.2, 0) is 9.53 Å². The van der Waals surface area contributed by atoms with Gasteiger partial charge in [0.05, 0.1) is 0 Å². The lowest BCUT2D eigenvalue weighted by Crippen LogP contribution is -2.26. The van der Waals surface area contributed by atoms with Crippen LogP contribution in [-0.4, -0.2) is 31.9 Å². The van der Waals surface area contributed by atoms with Gasteiger partial charge >= 0.3 is 0 Å². The van der Waals surface area contributed by atoms with Gasteiger partial charge in [-0.25, -0.2) is 0 Å². The first-order valence-electron chi connectivity index (χ1n) is 8.08. The number of nitriles is 1. The summed E-state index contributed by atoms with van der Waals surface area (Å²) in [5.41, 5.74) is 0.892. The van der Waals surface area contributed by atoms with E-state index in [1.165, 1.54) is 6.20 Å². The summed E-state index contributed by atoms with van der Waals surface area (Å²) in [6.07, 6.45) is 6.33. The average molecular weight is 347 g/mol. The largest absolute Gasteiger partial charge is 0.381 e. The van der Waals surface area contributed by atoms with Gasteiger partial charge < -0.3 is 15.4 Å². The van der Waals surface area contributed by atoms with E-state index in [1.807, 2.05) is 36.6 Å². The predicted molar refractivity (Wildman–Crippen MR) is 98.9 cm³/mol. The Balaban J connectivity index is 2.38. The number of unbranched alkanes of at least 4 members (excludes halogenated alkanes) is 1. The molecule has 24 heavy (non-hydrogen) atoms. The van der Waals surface area contributed by atoms with Gasteiger partial charge in [0, 0.05) is 36.5 Å². The second-order valence-corrected chi connectivity index (χ2v) is 6.00. The van der Waals surface area contributed by atoms with Gasteiger partial charge in [0.25, 0.3) is 5.91 Å². The fourth-order valence-corrected chi connectivity index (χ4v) is 2.30. The van der Waals surface area contributed by atoms with Crippen LogP contribution in [0.3, 0.4) is 0 Å². The standard InChI is InChI=1S/C18H25N3O2S/c1-3-4-10-23-11-6-9-20-18(22)15(13-19)14-21-16-7-5-8-17(12-16)24-2/h5,7-8,12,14,21H,3-4,6,9-11H2,1-2H3,(H,20,22)/b15-14-. The maximum atomic E-state index is 12.0. The first-order valence-corrected chi connectivity index (χ1v) is 9.30. The Labute approximate surface area is 148 Å². The molecule has 0 radical (unpaired) electrons. The van der Waals surface area contributed by atoms with E-state index in [0.29, 0.717) is 13.2 Å². The van der Waals surface area contributed by atoms with Crippen molar-refractivity contribution in [2.45, 2.75) is 31.1 Å². The third-order valence-corrected chi connectivity index (χ3v) is 3.94. The van der Waals surface area contributed by atoms with Crippen molar-refractivity contribution in [3.63, 3.8) is 0 Å². The third kappa shape index (κ3) is 8.04. The van der Waals surface area contributed by atoms with Gasteiger partial charge in [-0.2, -0.15) is 5.26 Å². The number of nitrogens with zero attached hydrogens (tertiary/aromatic N) is 1. The minimum absolute atomic E-state index is 0.0523. The van der Waals surface area contributed by atoms with E-state index in [2.05, 4.69) is 17.6 Å². The molecule has 5 nitrogen and oxygen atoms in total. The van der Waals surface area contributed by atoms with Crippen LogP contribution >= 0.6 is 11.8 Å². The van der Waals surface area contributed by atoms with Gasteiger partial charge in [0.1, 0.15) is 11.6 Å². The number of hydrogen-bond donors (Lipinski definition) is 2. The summed E-state index contributed by atoms with van der Waals surface area (Å²) in [7, 11) is 0. The van der Waals surface area contributed by atoms with E-state index in [0.717, 1.165) is 36.5 Å². The molecule has 0 unspecified atom stereocenters. The van der Waals surface area contributed by atoms with Crippen LogP contribution in [0.2, 0.25) is 0 Å². The molecular formula is C18H25N3O2S. The molecule has 0 aliphatic heterocycles. The summed E-state index contributed by atoms with van der Waals surface area (Å²) in [5.74, 6) is -0.375. The molecule has 2 N–H and O–H groups in total. The molecule has 1 aromatic rings. The number of rotatable bonds is 11. The second-order valence-electron chi connectivity index (χ2n) is 5.12. The van der Waals surface area contributed by atoms with Gasteiger partial charge in [-0.3, -0.25) is 4.79 Å². The summed E-state index contributed by atoms with van der Waals surface area (Å²) < 4.78 is 5.42. The molecule has 0 atom stereocenters. The summed E-state index contributed by atoms with van der Waals surface area (Å²) >= 11 is 1.63. The summed E-state index contributed by atoms with van der Waals surface area (Å²) in [6, 6.07) is 9.69. The molecule has 0 aromatic heterocycles. The Morgan fingerprint density at radius 3 is 2.88 bits per heavy atom. The number of nitrogens with one attached hydrogen (secondary N) is 2. The number of carbonyl (C=O) groups excluding carboxylic acids is 1. The van der Waals surface area contributed by atoms with Crippen LogP contribution in [0.1, 0.15) is 26.2 Å². The Morgan fingerprint density at radius 1 is 1.38 bits per heavy atom. The van der Waals surface area contributed by atoms with Crippen molar-refractivity contribution >= 4 is 23.4 Å². The zero-order valence-electron chi connectivity index (χ0n) is 14.3. The van der Waals surface area contributed by atoms with Crippen LogP contribution in [0.15, 0.2) is 40.9 Å². The smallest absolute Gasteiger partial charge is 0.263 e. The number of hydrogen-bond acceptors (Lipinski definition) is 5. The molecule has 0 aliphatic rings. The quantitative estimate of drug-likeness (QED) is 0.277. The van der Waals surface area contributed by atoms with Gasteiger partial charge in [-0.15, -0.1) is 11.8 Å². The molecule has 130 valence electrons. The molecule has 0 fully saturated rings. The van der Waals surface area contributed by atoms with Gasteiger partial charge in [0.15, 0.2) is 0 Å². The highest BCUT2D eigenvalue weighted by atomic mass is 32.2. The molecule has 1 aromatic carbocycles. The summed E-state index contributed by atoms with van der Waals surface area (Å²) in [4.78, 5) is 13.1. The molecule has 0 saturated carbocycles. The molecular weight excluding hydrogens is 322 g/mol. The monoisotopic (exact) mass is 347 g/mol. The number of carbonyl (C=O) groups is 1. The zero-order chi connectivity index (χ0) is 17.6. The van der Waals surface area contributed by atoms with Crippen LogP contribution in [0.4, 0.5) is 5.69 Å². The van der Waals surface area contributed by atoms with Gasteiger partial charge in [-0.1, -0.05) is 19.4 Å². The molecule has 0 spiro atoms. The first kappa shape index (κ1) is 20.1. The summed E-state index contributed by atoms with van der Waals surface area (Å²) in [5, 5.41) is 14.8. The highest BCUT2D eigenvalue weighted by molar-refractivity contribution is 7.98. The lowest BCUT2D eigenvalue weighted by molar-refractivity contribution is -0.117. The van der Waals surface area contributed by atoms with E-state index in [9.17, 15) is 4.79 Å². The topological polar surface area (TPSA) is 74.1 Å². The van der Waals surface area contributed by atoms with Crippen LogP contribution in [0.25, 0.3) is 0 Å². The fourth-order valence-electron chi connectivity index (χ4n) is 1.84. The highest BCUT2D eigenvalue weighted by Crippen LogP contribution is 2.19. The van der Waals surface area contributed by atoms with Crippen LogP contribution in [0.5, 0.6) is 0 Å². The van der Waals surface area contributed by atoms with E-state index < -0.39 is 0 Å². The fraction of sp³-hybridized carbons (Fsp3) is 0.444. The Morgan fingerprint density at radius 2 is 2.17 bits per heavy atom. The lowest BCUT2D eigenvalue weighted by atomic mass is 10.2. The van der Waals surface area contributed by atoms with E-state index >= 15 is 0 Å². The molecule has 6 heteroatoms. The van der Waals surface area contributed by atoms with Crippen molar-refractivity contribution in [2.75, 3.05) is 31.3 Å². The number of amides is 1. The van der Waals surface area contributed by atoms with Crippen molar-refractivity contribution in [3.05, 3.63) is 36.0 Å². The third-order valence-electron chi connectivity index (χ3n) is 3.21. The van der Waals surface area contributed by atoms with Crippen molar-refractivity contribution < 1.29 is 9.53 Å². The zero-order valence-corrected chi connectivity index (χ0v) is 15.1. The van der Waals surface area contributed by atoms with E-state index in [1.54, 1.807) is 11.8 Å². The van der Waals surface area contributed by atoms with Gasteiger partial charge in [0.2, 0.25) is 0 Å². The Bertz CT molecular complexity index is 582. The number of anilines is 1. The Kier molecular flexibility index (Phi) is 10.4. The van der Waals surface area contributed by atoms with Crippen molar-refractivity contribution in [3.8, 4) is 6.07 Å². The normalized spacial score (nSPS) is 11.0. The minimum Gasteiger partial charge on any atom is -0.381 e. The number of benzene rings is 1. The van der Waals surface area contributed by atoms with E-state index in [-0.39, 0.29) is 11.5 Å². The maximum Gasteiger partial charge on any atom is 0.263 e. The van der Waals surface area contributed by atoms with Crippen molar-refractivity contribution in [1.29, 1.82) is 5.26 Å². The van der Waals surface area contributed by atoms with Crippen molar-refractivity contribution in [1.82, 2.24) is 5.32 Å². The summed E-state index contributed by atoms with van der Waals surface area (Å²) in [6.45, 7) is 3.98. The molecule has 0 heterocycles. The Hall–Kier alpha value is -1.97. The number of thioether (sulfide) groups is 1. The van der Waals surface area contributed by atoms with Gasteiger partial charge in [-0.05, 0) is 37.3 Å². The number of ether oxygens (including phenoxy) is 1. The first-order chi connectivity index (χ1) is 11.7. The SMILES string of the molecule is CCCCOCCCNC(=O)/C(C#N)=C\Nc1cccc(SC)c1. The molecule has 0 aliphatic carbocycles. The lowest BCUT2D eigenvalue weighted by Gasteiger charge is -2.06. The molecule has 0 bridgehead atoms. The maximum absolute atomic E-state index is 12.0.